The third-order valence-electron chi connectivity index (χ3n) is 3.45. The Morgan fingerprint density at radius 1 is 1.19 bits per heavy atom. The number of rotatable bonds is 2. The Hall–Kier alpha value is -2.04. The number of benzene rings is 1. The number of carboxylic acids is 1. The molecule has 1 aliphatic rings. The van der Waals surface area contributed by atoms with Gasteiger partial charge in [-0.05, 0) is 39.2 Å². The van der Waals surface area contributed by atoms with Crippen molar-refractivity contribution in [3.63, 3.8) is 0 Å². The van der Waals surface area contributed by atoms with Crippen LogP contribution in [0.3, 0.4) is 0 Å². The molecule has 1 heterocycles. The fraction of sp³-hybridized carbons (Fsp3) is 0.500. The van der Waals surface area contributed by atoms with E-state index in [0.29, 0.717) is 12.8 Å². The molecule has 0 saturated carbocycles. The Bertz CT molecular complexity index is 521. The second-order valence-electron chi connectivity index (χ2n) is 6.23. The van der Waals surface area contributed by atoms with Gasteiger partial charge in [0.05, 0.1) is 18.1 Å². The molecule has 1 saturated heterocycles. The van der Waals surface area contributed by atoms with Gasteiger partial charge in [0, 0.05) is 0 Å². The zero-order valence-electron chi connectivity index (χ0n) is 12.5. The molecule has 21 heavy (non-hydrogen) atoms. The fourth-order valence-electron chi connectivity index (χ4n) is 2.61. The van der Waals surface area contributed by atoms with E-state index in [4.69, 9.17) is 4.74 Å². The number of hydrogen-bond acceptors (Lipinski definition) is 4. The highest BCUT2D eigenvalue weighted by Gasteiger charge is 2.40. The zero-order valence-corrected chi connectivity index (χ0v) is 12.5. The van der Waals surface area contributed by atoms with Crippen LogP contribution in [0.25, 0.3) is 0 Å². The molecule has 1 amide bonds. The summed E-state index contributed by atoms with van der Waals surface area (Å²) in [6.45, 7) is 5.27. The van der Waals surface area contributed by atoms with Crippen molar-refractivity contribution in [3.8, 4) is 0 Å². The van der Waals surface area contributed by atoms with Gasteiger partial charge in [0.15, 0.2) is 0 Å². The van der Waals surface area contributed by atoms with E-state index in [1.54, 1.807) is 20.8 Å². The van der Waals surface area contributed by atoms with E-state index in [0.717, 1.165) is 5.56 Å². The SMILES string of the molecule is CC(C)(C)OC(=O)N1[C@@H](C(=O)[O-])CC[C@H]1c1ccccc1. The van der Waals surface area contributed by atoms with Crippen molar-refractivity contribution in [2.24, 2.45) is 0 Å². The predicted octanol–water partition coefficient (Wildman–Crippen LogP) is 1.88. The molecular weight excluding hydrogens is 270 g/mol. The van der Waals surface area contributed by atoms with Crippen LogP contribution < -0.4 is 5.11 Å². The highest BCUT2D eigenvalue weighted by Crippen LogP contribution is 2.37. The Morgan fingerprint density at radius 3 is 2.33 bits per heavy atom. The Labute approximate surface area is 124 Å². The number of carbonyl (C=O) groups excluding carboxylic acids is 2. The average Bonchev–Trinajstić information content (AvgIpc) is 2.82. The van der Waals surface area contributed by atoms with Gasteiger partial charge in [-0.3, -0.25) is 4.90 Å². The van der Waals surface area contributed by atoms with Crippen LogP contribution in [0.4, 0.5) is 4.79 Å². The molecule has 1 aliphatic heterocycles. The van der Waals surface area contributed by atoms with E-state index >= 15 is 0 Å². The molecule has 2 rings (SSSR count). The highest BCUT2D eigenvalue weighted by molar-refractivity contribution is 5.80. The molecule has 5 heteroatoms. The van der Waals surface area contributed by atoms with E-state index in [1.807, 2.05) is 30.3 Å². The predicted molar refractivity (Wildman–Crippen MR) is 75.3 cm³/mol. The first-order valence-electron chi connectivity index (χ1n) is 7.07. The summed E-state index contributed by atoms with van der Waals surface area (Å²) in [4.78, 5) is 25.0. The first kappa shape index (κ1) is 15.4. The maximum Gasteiger partial charge on any atom is 0.411 e. The summed E-state index contributed by atoms with van der Waals surface area (Å²) in [6.07, 6.45) is 0.353. The van der Waals surface area contributed by atoms with Crippen molar-refractivity contribution < 1.29 is 19.4 Å². The van der Waals surface area contributed by atoms with Gasteiger partial charge >= 0.3 is 6.09 Å². The van der Waals surface area contributed by atoms with Crippen LogP contribution in [0.5, 0.6) is 0 Å². The Balaban J connectivity index is 2.29. The number of amides is 1. The standard InChI is InChI=1S/C16H21NO4/c1-16(2,3)21-15(20)17-12(9-10-13(17)14(18)19)11-7-5-4-6-8-11/h4-8,12-13H,9-10H2,1-3H3,(H,18,19)/p-1/t12-,13+/m0/s1. The lowest BCUT2D eigenvalue weighted by atomic mass is 10.1. The molecule has 0 aliphatic carbocycles. The third-order valence-corrected chi connectivity index (χ3v) is 3.45. The number of carboxylic acid groups (broad SMARTS) is 1. The Morgan fingerprint density at radius 2 is 1.81 bits per heavy atom. The highest BCUT2D eigenvalue weighted by atomic mass is 16.6. The molecule has 0 aromatic heterocycles. The van der Waals surface area contributed by atoms with Gasteiger partial charge < -0.3 is 14.6 Å². The summed E-state index contributed by atoms with van der Waals surface area (Å²) >= 11 is 0. The van der Waals surface area contributed by atoms with Gasteiger partial charge in [-0.2, -0.15) is 0 Å². The zero-order chi connectivity index (χ0) is 15.6. The number of ether oxygens (including phenoxy) is 1. The van der Waals surface area contributed by atoms with Crippen LogP contribution >= 0.6 is 0 Å². The summed E-state index contributed by atoms with van der Waals surface area (Å²) in [5.41, 5.74) is 0.240. The maximum absolute atomic E-state index is 12.4. The minimum absolute atomic E-state index is 0.288. The van der Waals surface area contributed by atoms with Crippen molar-refractivity contribution in [2.75, 3.05) is 0 Å². The molecule has 114 valence electrons. The van der Waals surface area contributed by atoms with Gasteiger partial charge in [-0.25, -0.2) is 4.79 Å². The van der Waals surface area contributed by atoms with E-state index < -0.39 is 23.7 Å². The minimum atomic E-state index is -1.24. The van der Waals surface area contributed by atoms with Crippen LogP contribution in [0.15, 0.2) is 30.3 Å². The summed E-state index contributed by atoms with van der Waals surface area (Å²) in [5.74, 6) is -1.24. The lowest BCUT2D eigenvalue weighted by Crippen LogP contribution is -2.49. The number of likely N-dealkylation sites (tertiary alicyclic amines) is 1. The van der Waals surface area contributed by atoms with Crippen molar-refractivity contribution in [1.29, 1.82) is 0 Å². The van der Waals surface area contributed by atoms with E-state index in [9.17, 15) is 14.7 Å². The summed E-state index contributed by atoms with van der Waals surface area (Å²) in [5, 5.41) is 11.3. The molecule has 1 aromatic rings. The third kappa shape index (κ3) is 3.54. The second-order valence-corrected chi connectivity index (χ2v) is 6.23. The normalized spacial score (nSPS) is 22.1. The smallest absolute Gasteiger partial charge is 0.411 e. The molecule has 0 bridgehead atoms. The number of carbonyl (C=O) groups is 2. The topological polar surface area (TPSA) is 69.7 Å². The molecule has 0 unspecified atom stereocenters. The van der Waals surface area contributed by atoms with E-state index in [-0.39, 0.29) is 6.04 Å². The molecule has 2 atom stereocenters. The molecule has 0 spiro atoms. The lowest BCUT2D eigenvalue weighted by Gasteiger charge is -2.33. The fourth-order valence-corrected chi connectivity index (χ4v) is 2.61. The van der Waals surface area contributed by atoms with Crippen LogP contribution in [-0.4, -0.2) is 28.6 Å². The molecule has 0 radical (unpaired) electrons. The molecule has 1 fully saturated rings. The maximum atomic E-state index is 12.4. The summed E-state index contributed by atoms with van der Waals surface area (Å²) in [7, 11) is 0. The van der Waals surface area contributed by atoms with Crippen LogP contribution in [-0.2, 0) is 9.53 Å². The van der Waals surface area contributed by atoms with E-state index in [1.165, 1.54) is 4.90 Å². The van der Waals surface area contributed by atoms with Gasteiger partial charge in [-0.1, -0.05) is 30.3 Å². The summed E-state index contributed by atoms with van der Waals surface area (Å²) in [6, 6.07) is 8.17. The lowest BCUT2D eigenvalue weighted by molar-refractivity contribution is -0.310. The quantitative estimate of drug-likeness (QED) is 0.834. The van der Waals surface area contributed by atoms with Gasteiger partial charge in [0.1, 0.15) is 5.60 Å². The average molecular weight is 290 g/mol. The molecule has 0 N–H and O–H groups in total. The monoisotopic (exact) mass is 290 g/mol. The van der Waals surface area contributed by atoms with Gasteiger partial charge in [0.2, 0.25) is 0 Å². The van der Waals surface area contributed by atoms with Crippen molar-refractivity contribution >= 4 is 12.1 Å². The number of aliphatic carboxylic acids is 1. The van der Waals surface area contributed by atoms with Crippen molar-refractivity contribution in [1.82, 2.24) is 4.90 Å². The Kier molecular flexibility index (Phi) is 4.21. The van der Waals surface area contributed by atoms with Gasteiger partial charge in [0.25, 0.3) is 0 Å². The largest absolute Gasteiger partial charge is 0.548 e. The molecule has 1 aromatic carbocycles. The van der Waals surface area contributed by atoms with Gasteiger partial charge in [-0.15, -0.1) is 0 Å². The number of nitrogens with zero attached hydrogens (tertiary/aromatic N) is 1. The van der Waals surface area contributed by atoms with Crippen LogP contribution in [0.1, 0.15) is 45.2 Å². The van der Waals surface area contributed by atoms with Crippen LogP contribution in [0.2, 0.25) is 0 Å². The molecule has 5 nitrogen and oxygen atoms in total. The summed E-state index contributed by atoms with van der Waals surface area (Å²) < 4.78 is 5.35. The van der Waals surface area contributed by atoms with Crippen LogP contribution in [0, 0.1) is 0 Å². The second kappa shape index (κ2) is 5.76. The van der Waals surface area contributed by atoms with Crippen molar-refractivity contribution in [3.05, 3.63) is 35.9 Å². The first-order chi connectivity index (χ1) is 9.79. The number of hydrogen-bond donors (Lipinski definition) is 0. The first-order valence-corrected chi connectivity index (χ1v) is 7.07. The molecular formula is C16H20NO4-. The van der Waals surface area contributed by atoms with E-state index in [2.05, 4.69) is 0 Å². The minimum Gasteiger partial charge on any atom is -0.548 e. The van der Waals surface area contributed by atoms with Crippen molar-refractivity contribution in [2.45, 2.75) is 51.3 Å².